The number of Topliss-reactive ketones (excluding diaryl/α,β-unsaturated/α-hetero) is 1. The fraction of sp³-hybridized carbons (Fsp3) is 0.500. The quantitative estimate of drug-likeness (QED) is 0.481. The first-order chi connectivity index (χ1) is 11.8. The number of rotatable bonds is 9. The van der Waals surface area contributed by atoms with Gasteiger partial charge in [0.15, 0.2) is 5.78 Å². The summed E-state index contributed by atoms with van der Waals surface area (Å²) in [6.45, 7) is 5.81. The molecule has 1 unspecified atom stereocenters. The molecule has 1 atom stereocenters. The van der Waals surface area contributed by atoms with E-state index in [0.717, 1.165) is 17.3 Å². The minimum absolute atomic E-state index is 0.129. The summed E-state index contributed by atoms with van der Waals surface area (Å²) in [4.78, 5) is 36.2. The molecule has 7 heteroatoms. The molecule has 2 N–H and O–H groups in total. The van der Waals surface area contributed by atoms with Crippen LogP contribution in [0.4, 0.5) is 4.79 Å². The van der Waals surface area contributed by atoms with Crippen LogP contribution in [0, 0.1) is 5.92 Å². The second-order valence-electron chi connectivity index (χ2n) is 6.00. The Morgan fingerprint density at radius 3 is 2.36 bits per heavy atom. The number of halogens is 1. The van der Waals surface area contributed by atoms with Crippen LogP contribution in [-0.2, 0) is 9.53 Å². The zero-order valence-corrected chi connectivity index (χ0v) is 16.4. The maximum atomic E-state index is 12.3. The van der Waals surface area contributed by atoms with Crippen molar-refractivity contribution in [1.82, 2.24) is 10.6 Å². The van der Waals surface area contributed by atoms with Gasteiger partial charge in [-0.3, -0.25) is 9.59 Å². The fourth-order valence-electron chi connectivity index (χ4n) is 2.03. The van der Waals surface area contributed by atoms with Crippen LogP contribution in [0.15, 0.2) is 28.7 Å². The molecular formula is C18H25BrN2O4. The molecule has 1 rings (SSSR count). The molecule has 6 nitrogen and oxygen atoms in total. The van der Waals surface area contributed by atoms with E-state index in [1.165, 1.54) is 0 Å². The number of alkyl carbamates (subject to hydrolysis) is 1. The standard InChI is InChI=1S/C18H25BrN2O4/c1-4-5-10-25-18(24)21-16(12(2)3)17(23)20-11-15(22)13-6-8-14(19)9-7-13/h6-9,12,16H,4-5,10-11H2,1-3H3,(H,20,23)(H,21,24). The van der Waals surface area contributed by atoms with Gasteiger partial charge in [-0.05, 0) is 24.5 Å². The molecule has 0 saturated carbocycles. The lowest BCUT2D eigenvalue weighted by molar-refractivity contribution is -0.123. The van der Waals surface area contributed by atoms with Crippen LogP contribution >= 0.6 is 15.9 Å². The summed E-state index contributed by atoms with van der Waals surface area (Å²) in [7, 11) is 0. The first-order valence-electron chi connectivity index (χ1n) is 8.35. The van der Waals surface area contributed by atoms with E-state index in [2.05, 4.69) is 26.6 Å². The normalized spacial score (nSPS) is 11.7. The van der Waals surface area contributed by atoms with Crippen molar-refractivity contribution in [2.45, 2.75) is 39.7 Å². The van der Waals surface area contributed by atoms with E-state index < -0.39 is 18.0 Å². The second-order valence-corrected chi connectivity index (χ2v) is 6.92. The summed E-state index contributed by atoms with van der Waals surface area (Å²) in [5, 5.41) is 5.13. The third kappa shape index (κ3) is 7.69. The van der Waals surface area contributed by atoms with Gasteiger partial charge in [0.2, 0.25) is 5.91 Å². The number of benzene rings is 1. The van der Waals surface area contributed by atoms with Crippen LogP contribution in [0.3, 0.4) is 0 Å². The van der Waals surface area contributed by atoms with Crippen molar-refractivity contribution in [2.24, 2.45) is 5.92 Å². The van der Waals surface area contributed by atoms with Crippen LogP contribution in [0.1, 0.15) is 44.0 Å². The first-order valence-corrected chi connectivity index (χ1v) is 9.14. The highest BCUT2D eigenvalue weighted by Gasteiger charge is 2.25. The molecular weight excluding hydrogens is 388 g/mol. The molecule has 0 fully saturated rings. The Morgan fingerprint density at radius 1 is 1.16 bits per heavy atom. The number of hydrogen-bond acceptors (Lipinski definition) is 4. The summed E-state index contributed by atoms with van der Waals surface area (Å²) in [6, 6.07) is 6.13. The first kappa shape index (κ1) is 21.2. The summed E-state index contributed by atoms with van der Waals surface area (Å²) >= 11 is 3.30. The number of ether oxygens (including phenoxy) is 1. The van der Waals surface area contributed by atoms with Gasteiger partial charge >= 0.3 is 6.09 Å². The van der Waals surface area contributed by atoms with Gasteiger partial charge in [0.25, 0.3) is 0 Å². The second kappa shape index (κ2) is 10.9. The SMILES string of the molecule is CCCCOC(=O)NC(C(=O)NCC(=O)c1ccc(Br)cc1)C(C)C. The number of ketones is 1. The highest BCUT2D eigenvalue weighted by molar-refractivity contribution is 9.10. The number of carbonyl (C=O) groups excluding carboxylic acids is 3. The van der Waals surface area contributed by atoms with Crippen LogP contribution in [0.2, 0.25) is 0 Å². The van der Waals surface area contributed by atoms with Crippen molar-refractivity contribution in [3.63, 3.8) is 0 Å². The average molecular weight is 413 g/mol. The number of hydrogen-bond donors (Lipinski definition) is 2. The zero-order chi connectivity index (χ0) is 18.8. The van der Waals surface area contributed by atoms with Gasteiger partial charge < -0.3 is 15.4 Å². The molecule has 0 spiro atoms. The van der Waals surface area contributed by atoms with E-state index in [1.54, 1.807) is 24.3 Å². The van der Waals surface area contributed by atoms with Crippen LogP contribution in [-0.4, -0.2) is 37.0 Å². The number of amides is 2. The third-order valence-electron chi connectivity index (χ3n) is 3.54. The van der Waals surface area contributed by atoms with E-state index in [1.807, 2.05) is 20.8 Å². The van der Waals surface area contributed by atoms with E-state index in [9.17, 15) is 14.4 Å². The number of unbranched alkanes of at least 4 members (excludes halogenated alkanes) is 1. The number of nitrogens with one attached hydrogen (secondary N) is 2. The predicted molar refractivity (Wildman–Crippen MR) is 99.5 cm³/mol. The van der Waals surface area contributed by atoms with Gasteiger partial charge in [-0.15, -0.1) is 0 Å². The smallest absolute Gasteiger partial charge is 0.407 e. The van der Waals surface area contributed by atoms with E-state index in [0.29, 0.717) is 12.2 Å². The maximum absolute atomic E-state index is 12.3. The fourth-order valence-corrected chi connectivity index (χ4v) is 2.29. The van der Waals surface area contributed by atoms with E-state index in [-0.39, 0.29) is 18.2 Å². The molecule has 0 aliphatic rings. The lowest BCUT2D eigenvalue weighted by atomic mass is 10.0. The highest BCUT2D eigenvalue weighted by Crippen LogP contribution is 2.11. The van der Waals surface area contributed by atoms with Gasteiger partial charge in [-0.2, -0.15) is 0 Å². The van der Waals surface area contributed by atoms with Crippen molar-refractivity contribution in [2.75, 3.05) is 13.2 Å². The summed E-state index contributed by atoms with van der Waals surface area (Å²) in [5.41, 5.74) is 0.511. The van der Waals surface area contributed by atoms with Gasteiger partial charge in [0.1, 0.15) is 6.04 Å². The summed E-state index contributed by atoms with van der Waals surface area (Å²) < 4.78 is 5.89. The Morgan fingerprint density at radius 2 is 1.80 bits per heavy atom. The molecule has 0 heterocycles. The monoisotopic (exact) mass is 412 g/mol. The average Bonchev–Trinajstić information content (AvgIpc) is 2.58. The van der Waals surface area contributed by atoms with E-state index >= 15 is 0 Å². The molecule has 138 valence electrons. The lowest BCUT2D eigenvalue weighted by Gasteiger charge is -2.21. The van der Waals surface area contributed by atoms with Gasteiger partial charge in [0.05, 0.1) is 13.2 Å². The van der Waals surface area contributed by atoms with Crippen LogP contribution in [0.25, 0.3) is 0 Å². The van der Waals surface area contributed by atoms with Crippen molar-refractivity contribution in [3.8, 4) is 0 Å². The van der Waals surface area contributed by atoms with Gasteiger partial charge in [0, 0.05) is 10.0 Å². The summed E-state index contributed by atoms with van der Waals surface area (Å²) in [5.74, 6) is -0.747. The molecule has 1 aromatic carbocycles. The Balaban J connectivity index is 2.54. The minimum Gasteiger partial charge on any atom is -0.450 e. The number of carbonyl (C=O) groups is 3. The Kier molecular flexibility index (Phi) is 9.20. The topological polar surface area (TPSA) is 84.5 Å². The Hall–Kier alpha value is -1.89. The highest BCUT2D eigenvalue weighted by atomic mass is 79.9. The molecule has 0 saturated heterocycles. The maximum Gasteiger partial charge on any atom is 0.407 e. The predicted octanol–water partition coefficient (Wildman–Crippen LogP) is 3.30. The van der Waals surface area contributed by atoms with E-state index in [4.69, 9.17) is 4.74 Å². The third-order valence-corrected chi connectivity index (χ3v) is 4.07. The zero-order valence-electron chi connectivity index (χ0n) is 14.8. The Bertz CT molecular complexity index is 587. The molecule has 2 amide bonds. The molecule has 0 aromatic heterocycles. The van der Waals surface area contributed by atoms with Crippen molar-refractivity contribution in [3.05, 3.63) is 34.3 Å². The van der Waals surface area contributed by atoms with Crippen LogP contribution in [0.5, 0.6) is 0 Å². The van der Waals surface area contributed by atoms with Gasteiger partial charge in [-0.25, -0.2) is 4.79 Å². The summed E-state index contributed by atoms with van der Waals surface area (Å²) in [6.07, 6.45) is 1.06. The van der Waals surface area contributed by atoms with Crippen molar-refractivity contribution < 1.29 is 19.1 Å². The minimum atomic E-state index is -0.758. The van der Waals surface area contributed by atoms with Gasteiger partial charge in [-0.1, -0.05) is 55.3 Å². The largest absolute Gasteiger partial charge is 0.450 e. The molecule has 0 radical (unpaired) electrons. The molecule has 0 bridgehead atoms. The lowest BCUT2D eigenvalue weighted by Crippen LogP contribution is -2.50. The van der Waals surface area contributed by atoms with Crippen LogP contribution < -0.4 is 10.6 Å². The van der Waals surface area contributed by atoms with Crippen molar-refractivity contribution in [1.29, 1.82) is 0 Å². The molecule has 0 aliphatic carbocycles. The Labute approximate surface area is 156 Å². The molecule has 1 aromatic rings. The molecule has 25 heavy (non-hydrogen) atoms. The molecule has 0 aliphatic heterocycles. The van der Waals surface area contributed by atoms with Crippen molar-refractivity contribution >= 4 is 33.7 Å².